The summed E-state index contributed by atoms with van der Waals surface area (Å²) in [5.74, 6) is 2.79. The highest BCUT2D eigenvalue weighted by atomic mass is 16.2. The van der Waals surface area contributed by atoms with Crippen LogP contribution in [0.4, 0.5) is 0 Å². The number of piperidine rings is 1. The second kappa shape index (κ2) is 7.99. The fraction of sp³-hybridized carbons (Fsp3) is 0.500. The molecule has 0 saturated carbocycles. The summed E-state index contributed by atoms with van der Waals surface area (Å²) in [5, 5.41) is 13.6. The number of amides is 1. The third-order valence-corrected chi connectivity index (χ3v) is 6.35. The number of rotatable bonds is 4. The molecular weight excluding hydrogens is 364 g/mol. The van der Waals surface area contributed by atoms with E-state index < -0.39 is 0 Å². The summed E-state index contributed by atoms with van der Waals surface area (Å²) in [4.78, 5) is 18.2. The zero-order valence-corrected chi connectivity index (χ0v) is 16.7. The van der Waals surface area contributed by atoms with Crippen molar-refractivity contribution in [2.24, 2.45) is 0 Å². The Morgan fingerprint density at radius 2 is 2.10 bits per heavy atom. The van der Waals surface area contributed by atoms with Crippen LogP contribution in [-0.2, 0) is 24.2 Å². The number of para-hydroxylation sites is 1. The summed E-state index contributed by atoms with van der Waals surface area (Å²) in [7, 11) is 0. The average molecular weight is 393 g/mol. The van der Waals surface area contributed by atoms with Crippen molar-refractivity contribution in [1.29, 1.82) is 0 Å². The van der Waals surface area contributed by atoms with Gasteiger partial charge in [-0.15, -0.1) is 10.2 Å². The standard InChI is InChI=1S/C22H28N6O/c29-21(8-7-16-15-24-19-6-2-1-5-18(16)19)27-11-9-20-25-26-22(28(20)13-12-27)17-4-3-10-23-14-17/h1-2,5-6,15,17,23-24H,3-4,7-14H2/t17-/m1/s1. The van der Waals surface area contributed by atoms with Gasteiger partial charge in [0.1, 0.15) is 11.6 Å². The topological polar surface area (TPSA) is 78.8 Å². The molecule has 0 radical (unpaired) electrons. The quantitative estimate of drug-likeness (QED) is 0.714. The molecule has 0 aliphatic carbocycles. The average Bonchev–Trinajstić information content (AvgIpc) is 3.31. The minimum absolute atomic E-state index is 0.231. The maximum Gasteiger partial charge on any atom is 0.222 e. The first-order chi connectivity index (χ1) is 14.3. The van der Waals surface area contributed by atoms with E-state index >= 15 is 0 Å². The van der Waals surface area contributed by atoms with Crippen LogP contribution in [0.5, 0.6) is 0 Å². The number of carbonyl (C=O) groups excluding carboxylic acids is 1. The van der Waals surface area contributed by atoms with Crippen molar-refractivity contribution in [3.05, 3.63) is 47.7 Å². The Hall–Kier alpha value is -2.67. The SMILES string of the molecule is O=C(CCc1c[nH]c2ccccc12)N1CCc2nnc([C@@H]3CCCNC3)n2CC1. The Kier molecular flexibility index (Phi) is 5.06. The highest BCUT2D eigenvalue weighted by Gasteiger charge is 2.26. The molecule has 5 rings (SSSR count). The minimum atomic E-state index is 0.231. The fourth-order valence-electron chi connectivity index (χ4n) is 4.71. The number of carbonyl (C=O) groups is 1. The fourth-order valence-corrected chi connectivity index (χ4v) is 4.71. The van der Waals surface area contributed by atoms with Crippen molar-refractivity contribution >= 4 is 16.8 Å². The van der Waals surface area contributed by atoms with Gasteiger partial charge in [-0.2, -0.15) is 0 Å². The highest BCUT2D eigenvalue weighted by molar-refractivity contribution is 5.84. The first-order valence-electron chi connectivity index (χ1n) is 10.7. The summed E-state index contributed by atoms with van der Waals surface area (Å²) in [6.07, 6.45) is 6.48. The minimum Gasteiger partial charge on any atom is -0.361 e. The van der Waals surface area contributed by atoms with Crippen molar-refractivity contribution in [2.45, 2.75) is 44.6 Å². The number of aromatic nitrogens is 4. The van der Waals surface area contributed by atoms with E-state index in [2.05, 4.69) is 37.2 Å². The molecule has 0 unspecified atom stereocenters. The Morgan fingerprint density at radius 3 is 3.00 bits per heavy atom. The maximum atomic E-state index is 12.9. The van der Waals surface area contributed by atoms with Crippen LogP contribution in [0.15, 0.2) is 30.5 Å². The van der Waals surface area contributed by atoms with E-state index in [4.69, 9.17) is 0 Å². The van der Waals surface area contributed by atoms with Crippen molar-refractivity contribution in [1.82, 2.24) is 30.0 Å². The van der Waals surface area contributed by atoms with Crippen LogP contribution in [0.1, 0.15) is 42.4 Å². The van der Waals surface area contributed by atoms with Gasteiger partial charge < -0.3 is 19.8 Å². The van der Waals surface area contributed by atoms with Crippen molar-refractivity contribution < 1.29 is 4.79 Å². The molecule has 0 bridgehead atoms. The Balaban J connectivity index is 1.22. The molecule has 4 heterocycles. The lowest BCUT2D eigenvalue weighted by atomic mass is 9.99. The molecular formula is C22H28N6O. The molecule has 1 aromatic carbocycles. The molecule has 7 heteroatoms. The van der Waals surface area contributed by atoms with Crippen LogP contribution in [0.3, 0.4) is 0 Å². The largest absolute Gasteiger partial charge is 0.361 e. The van der Waals surface area contributed by atoms with Gasteiger partial charge in [0.2, 0.25) is 5.91 Å². The van der Waals surface area contributed by atoms with Gasteiger partial charge in [-0.1, -0.05) is 18.2 Å². The molecule has 152 valence electrons. The molecule has 7 nitrogen and oxygen atoms in total. The van der Waals surface area contributed by atoms with Gasteiger partial charge in [0.05, 0.1) is 0 Å². The van der Waals surface area contributed by atoms with E-state index in [-0.39, 0.29) is 5.91 Å². The van der Waals surface area contributed by atoms with Crippen LogP contribution in [0, 0.1) is 0 Å². The summed E-state index contributed by atoms with van der Waals surface area (Å²) < 4.78 is 2.27. The summed E-state index contributed by atoms with van der Waals surface area (Å²) >= 11 is 0. The van der Waals surface area contributed by atoms with Gasteiger partial charge in [-0.3, -0.25) is 4.79 Å². The predicted octanol–water partition coefficient (Wildman–Crippen LogP) is 2.24. The number of aromatic amines is 1. The van der Waals surface area contributed by atoms with E-state index in [1.165, 1.54) is 23.8 Å². The van der Waals surface area contributed by atoms with Gasteiger partial charge in [-0.05, 0) is 37.4 Å². The van der Waals surface area contributed by atoms with Crippen LogP contribution in [-0.4, -0.2) is 56.7 Å². The van der Waals surface area contributed by atoms with Crippen LogP contribution in [0.25, 0.3) is 10.9 Å². The molecule has 3 aromatic rings. The molecule has 2 N–H and O–H groups in total. The molecule has 1 amide bonds. The predicted molar refractivity (Wildman–Crippen MR) is 112 cm³/mol. The Bertz CT molecular complexity index is 1000. The number of benzene rings is 1. The third-order valence-electron chi connectivity index (χ3n) is 6.35. The van der Waals surface area contributed by atoms with E-state index in [9.17, 15) is 4.79 Å². The second-order valence-corrected chi connectivity index (χ2v) is 8.16. The summed E-state index contributed by atoms with van der Waals surface area (Å²) in [5.41, 5.74) is 2.35. The smallest absolute Gasteiger partial charge is 0.222 e. The van der Waals surface area contributed by atoms with E-state index in [0.717, 1.165) is 62.7 Å². The van der Waals surface area contributed by atoms with Gasteiger partial charge in [0.15, 0.2) is 0 Å². The Morgan fingerprint density at radius 1 is 1.17 bits per heavy atom. The van der Waals surface area contributed by atoms with E-state index in [1.54, 1.807) is 0 Å². The third kappa shape index (κ3) is 3.67. The lowest BCUT2D eigenvalue weighted by Crippen LogP contribution is -2.34. The molecule has 2 aliphatic rings. The zero-order valence-electron chi connectivity index (χ0n) is 16.7. The lowest BCUT2D eigenvalue weighted by molar-refractivity contribution is -0.131. The van der Waals surface area contributed by atoms with Gasteiger partial charge in [0.25, 0.3) is 0 Å². The summed E-state index contributed by atoms with van der Waals surface area (Å²) in [6.45, 7) is 4.34. The van der Waals surface area contributed by atoms with E-state index in [1.807, 2.05) is 23.2 Å². The maximum absolute atomic E-state index is 12.9. The number of nitrogens with one attached hydrogen (secondary N) is 2. The highest BCUT2D eigenvalue weighted by Crippen LogP contribution is 2.24. The van der Waals surface area contributed by atoms with Gasteiger partial charge in [0, 0.05) is 62.0 Å². The van der Waals surface area contributed by atoms with Crippen molar-refractivity contribution in [3.8, 4) is 0 Å². The van der Waals surface area contributed by atoms with Crippen molar-refractivity contribution in [2.75, 3.05) is 26.2 Å². The van der Waals surface area contributed by atoms with Crippen LogP contribution in [0.2, 0.25) is 0 Å². The number of hydrogen-bond acceptors (Lipinski definition) is 4. The number of aryl methyl sites for hydroxylation is 1. The lowest BCUT2D eigenvalue weighted by Gasteiger charge is -2.23. The zero-order chi connectivity index (χ0) is 19.6. The van der Waals surface area contributed by atoms with Crippen LogP contribution < -0.4 is 5.32 Å². The Labute approximate surface area is 170 Å². The molecule has 2 aliphatic heterocycles. The first-order valence-corrected chi connectivity index (χ1v) is 10.7. The molecule has 1 fully saturated rings. The van der Waals surface area contributed by atoms with Crippen molar-refractivity contribution in [3.63, 3.8) is 0 Å². The number of H-pyrrole nitrogens is 1. The first kappa shape index (κ1) is 18.4. The molecule has 29 heavy (non-hydrogen) atoms. The normalized spacial score (nSPS) is 19.9. The van der Waals surface area contributed by atoms with Crippen LogP contribution >= 0.6 is 0 Å². The van der Waals surface area contributed by atoms with Gasteiger partial charge >= 0.3 is 0 Å². The second-order valence-electron chi connectivity index (χ2n) is 8.16. The molecule has 0 spiro atoms. The monoisotopic (exact) mass is 392 g/mol. The summed E-state index contributed by atoms with van der Waals surface area (Å²) in [6, 6.07) is 8.27. The molecule has 1 saturated heterocycles. The number of hydrogen-bond donors (Lipinski definition) is 2. The van der Waals surface area contributed by atoms with E-state index in [0.29, 0.717) is 12.3 Å². The number of fused-ring (bicyclic) bond motifs is 2. The van der Waals surface area contributed by atoms with Gasteiger partial charge in [-0.25, -0.2) is 0 Å². The molecule has 2 aromatic heterocycles. The molecule has 1 atom stereocenters. The number of nitrogens with zero attached hydrogens (tertiary/aromatic N) is 4.